The molecule has 0 saturated heterocycles. The van der Waals surface area contributed by atoms with Gasteiger partial charge in [0.2, 0.25) is 0 Å². The highest BCUT2D eigenvalue weighted by molar-refractivity contribution is 4.94. The van der Waals surface area contributed by atoms with Crippen molar-refractivity contribution in [3.8, 4) is 0 Å². The fourth-order valence-corrected chi connectivity index (χ4v) is 1.87. The number of allylic oxidation sites excluding steroid dienone is 2. The third-order valence-corrected chi connectivity index (χ3v) is 2.64. The maximum Gasteiger partial charge on any atom is -0.0348 e. The molecule has 0 aromatic heterocycles. The summed E-state index contributed by atoms with van der Waals surface area (Å²) in [6.07, 6.45) is 11.9. The van der Waals surface area contributed by atoms with Gasteiger partial charge in [-0.25, -0.2) is 0 Å². The smallest absolute Gasteiger partial charge is 0.0348 e. The first kappa shape index (κ1) is 5.52. The second-order valence-corrected chi connectivity index (χ2v) is 3.38. The minimum atomic E-state index is 1.13. The zero-order valence-corrected chi connectivity index (χ0v) is 5.84. The van der Waals surface area contributed by atoms with E-state index in [0.29, 0.717) is 0 Å². The van der Waals surface area contributed by atoms with Gasteiger partial charge in [-0.05, 0) is 43.9 Å². The van der Waals surface area contributed by atoms with Gasteiger partial charge >= 0.3 is 0 Å². The van der Waals surface area contributed by atoms with Crippen molar-refractivity contribution < 1.29 is 0 Å². The van der Waals surface area contributed by atoms with Crippen LogP contribution in [0.25, 0.3) is 0 Å². The van der Waals surface area contributed by atoms with E-state index in [2.05, 4.69) is 12.2 Å². The van der Waals surface area contributed by atoms with Crippen LogP contribution in [0.2, 0.25) is 0 Å². The van der Waals surface area contributed by atoms with E-state index in [1.54, 1.807) is 6.42 Å². The normalized spacial score (nSPS) is 40.9. The molecule has 0 heteroatoms. The van der Waals surface area contributed by atoms with E-state index in [-0.39, 0.29) is 0 Å². The van der Waals surface area contributed by atoms with Crippen LogP contribution in [0, 0.1) is 11.8 Å². The van der Waals surface area contributed by atoms with Crippen molar-refractivity contribution >= 4 is 0 Å². The molecule has 0 radical (unpaired) electrons. The van der Waals surface area contributed by atoms with Gasteiger partial charge in [0.1, 0.15) is 0 Å². The SMILES string of the molecule is C1=CCCC2CC2CC1. The molecule has 1 fully saturated rings. The zero-order chi connectivity index (χ0) is 6.10. The Balaban J connectivity index is 1.91. The van der Waals surface area contributed by atoms with E-state index >= 15 is 0 Å². The molecule has 0 aromatic rings. The van der Waals surface area contributed by atoms with E-state index in [1.165, 1.54) is 25.7 Å². The van der Waals surface area contributed by atoms with Gasteiger partial charge in [-0.2, -0.15) is 0 Å². The second-order valence-electron chi connectivity index (χ2n) is 3.38. The molecule has 0 nitrogen and oxygen atoms in total. The molecule has 2 rings (SSSR count). The maximum atomic E-state index is 2.36. The Kier molecular flexibility index (Phi) is 1.33. The van der Waals surface area contributed by atoms with Crippen LogP contribution < -0.4 is 0 Å². The molecule has 0 bridgehead atoms. The molecular formula is C9H14. The molecule has 9 heavy (non-hydrogen) atoms. The maximum absolute atomic E-state index is 2.36. The van der Waals surface area contributed by atoms with Crippen molar-refractivity contribution in [2.75, 3.05) is 0 Å². The lowest BCUT2D eigenvalue weighted by molar-refractivity contribution is 0.605. The summed E-state index contributed by atoms with van der Waals surface area (Å²) < 4.78 is 0. The van der Waals surface area contributed by atoms with E-state index < -0.39 is 0 Å². The number of hydrogen-bond donors (Lipinski definition) is 0. The van der Waals surface area contributed by atoms with Crippen LogP contribution in [0.15, 0.2) is 12.2 Å². The molecular weight excluding hydrogens is 108 g/mol. The predicted molar refractivity (Wildman–Crippen MR) is 39.2 cm³/mol. The van der Waals surface area contributed by atoms with Crippen molar-refractivity contribution in [1.29, 1.82) is 0 Å². The molecule has 2 atom stereocenters. The Bertz CT molecular complexity index is 110. The van der Waals surface area contributed by atoms with Gasteiger partial charge in [0.15, 0.2) is 0 Å². The highest BCUT2D eigenvalue weighted by atomic mass is 14.4. The standard InChI is InChI=1S/C9H14/c1-2-4-6-9-7-8(9)5-3-1/h1-2,8-9H,3-7H2. The van der Waals surface area contributed by atoms with Gasteiger partial charge in [-0.3, -0.25) is 0 Å². The van der Waals surface area contributed by atoms with Crippen LogP contribution >= 0.6 is 0 Å². The number of rotatable bonds is 0. The number of fused-ring (bicyclic) bond motifs is 1. The summed E-state index contributed by atoms with van der Waals surface area (Å²) in [5, 5.41) is 0. The Morgan fingerprint density at radius 1 is 0.889 bits per heavy atom. The van der Waals surface area contributed by atoms with E-state index in [9.17, 15) is 0 Å². The number of hydrogen-bond acceptors (Lipinski definition) is 0. The molecule has 2 aliphatic rings. The van der Waals surface area contributed by atoms with Gasteiger partial charge in [0.05, 0.1) is 0 Å². The molecule has 2 unspecified atom stereocenters. The third-order valence-electron chi connectivity index (χ3n) is 2.64. The molecule has 2 aliphatic carbocycles. The van der Waals surface area contributed by atoms with Crippen molar-refractivity contribution in [2.24, 2.45) is 11.8 Å². The summed E-state index contributed by atoms with van der Waals surface area (Å²) in [4.78, 5) is 0. The van der Waals surface area contributed by atoms with Crippen LogP contribution in [-0.4, -0.2) is 0 Å². The first-order chi connectivity index (χ1) is 4.47. The summed E-state index contributed by atoms with van der Waals surface area (Å²) in [6, 6.07) is 0. The van der Waals surface area contributed by atoms with Gasteiger partial charge < -0.3 is 0 Å². The lowest BCUT2D eigenvalue weighted by Crippen LogP contribution is -1.85. The van der Waals surface area contributed by atoms with Crippen molar-refractivity contribution in [2.45, 2.75) is 32.1 Å². The molecule has 0 amide bonds. The first-order valence-electron chi connectivity index (χ1n) is 4.12. The average molecular weight is 122 g/mol. The summed E-state index contributed by atoms with van der Waals surface area (Å²) in [5.74, 6) is 2.27. The van der Waals surface area contributed by atoms with Crippen LogP contribution in [0.4, 0.5) is 0 Å². The Morgan fingerprint density at radius 2 is 1.44 bits per heavy atom. The zero-order valence-electron chi connectivity index (χ0n) is 5.84. The van der Waals surface area contributed by atoms with E-state index in [4.69, 9.17) is 0 Å². The highest BCUT2D eigenvalue weighted by Crippen LogP contribution is 2.45. The van der Waals surface area contributed by atoms with Crippen LogP contribution in [0.3, 0.4) is 0 Å². The third kappa shape index (κ3) is 1.17. The predicted octanol–water partition coefficient (Wildman–Crippen LogP) is 2.75. The topological polar surface area (TPSA) is 0 Å². The van der Waals surface area contributed by atoms with Crippen LogP contribution in [0.5, 0.6) is 0 Å². The molecule has 0 heterocycles. The fourth-order valence-electron chi connectivity index (χ4n) is 1.87. The Labute approximate surface area is 57.0 Å². The van der Waals surface area contributed by atoms with E-state index in [1.807, 2.05) is 0 Å². The second kappa shape index (κ2) is 2.17. The quantitative estimate of drug-likeness (QED) is 0.433. The van der Waals surface area contributed by atoms with Crippen molar-refractivity contribution in [1.82, 2.24) is 0 Å². The van der Waals surface area contributed by atoms with Gasteiger partial charge in [0.25, 0.3) is 0 Å². The monoisotopic (exact) mass is 122 g/mol. The molecule has 1 saturated carbocycles. The minimum absolute atomic E-state index is 1.13. The van der Waals surface area contributed by atoms with Gasteiger partial charge in [-0.15, -0.1) is 0 Å². The molecule has 0 spiro atoms. The minimum Gasteiger partial charge on any atom is -0.0885 e. The van der Waals surface area contributed by atoms with Crippen molar-refractivity contribution in [3.05, 3.63) is 12.2 Å². The van der Waals surface area contributed by atoms with Gasteiger partial charge in [-0.1, -0.05) is 12.2 Å². The van der Waals surface area contributed by atoms with Crippen LogP contribution in [-0.2, 0) is 0 Å². The lowest BCUT2D eigenvalue weighted by Gasteiger charge is -1.99. The summed E-state index contributed by atoms with van der Waals surface area (Å²) in [5.41, 5.74) is 0. The lowest BCUT2D eigenvalue weighted by atomic mass is 10.1. The van der Waals surface area contributed by atoms with Crippen molar-refractivity contribution in [3.63, 3.8) is 0 Å². The molecule has 50 valence electrons. The summed E-state index contributed by atoms with van der Waals surface area (Å²) in [6.45, 7) is 0. The Hall–Kier alpha value is -0.260. The summed E-state index contributed by atoms with van der Waals surface area (Å²) >= 11 is 0. The highest BCUT2D eigenvalue weighted by Gasteiger charge is 2.35. The Morgan fingerprint density at radius 3 is 2.00 bits per heavy atom. The largest absolute Gasteiger partial charge is 0.0885 e. The fraction of sp³-hybridized carbons (Fsp3) is 0.778. The first-order valence-corrected chi connectivity index (χ1v) is 4.12. The molecule has 0 N–H and O–H groups in total. The van der Waals surface area contributed by atoms with Gasteiger partial charge in [0, 0.05) is 0 Å². The molecule has 0 aromatic carbocycles. The van der Waals surface area contributed by atoms with Crippen LogP contribution in [0.1, 0.15) is 32.1 Å². The molecule has 0 aliphatic heterocycles. The average Bonchev–Trinajstić information content (AvgIpc) is 2.46. The van der Waals surface area contributed by atoms with E-state index in [0.717, 1.165) is 11.8 Å². The summed E-state index contributed by atoms with van der Waals surface area (Å²) in [7, 11) is 0.